The van der Waals surface area contributed by atoms with E-state index in [1.54, 1.807) is 7.11 Å². The molecule has 19 heavy (non-hydrogen) atoms. The third-order valence-electron chi connectivity index (χ3n) is 3.76. The number of nitrogens with zero attached hydrogens (tertiary/aromatic N) is 2. The van der Waals surface area contributed by atoms with Crippen LogP contribution < -0.4 is 9.64 Å². The van der Waals surface area contributed by atoms with Gasteiger partial charge in [-0.2, -0.15) is 0 Å². The van der Waals surface area contributed by atoms with Crippen molar-refractivity contribution < 1.29 is 4.74 Å². The molecule has 0 amide bonds. The van der Waals surface area contributed by atoms with Crippen molar-refractivity contribution in [3.63, 3.8) is 0 Å². The fourth-order valence-electron chi connectivity index (χ4n) is 2.71. The SMILES string of the molecule is COc1ccc(-n2cccc2N2CCCCC2)cc1. The lowest BCUT2D eigenvalue weighted by atomic mass is 10.1. The number of hydrogen-bond acceptors (Lipinski definition) is 2. The van der Waals surface area contributed by atoms with Gasteiger partial charge in [-0.15, -0.1) is 0 Å². The molecule has 0 aliphatic carbocycles. The number of benzene rings is 1. The first-order valence-electron chi connectivity index (χ1n) is 6.95. The molecule has 100 valence electrons. The summed E-state index contributed by atoms with van der Waals surface area (Å²) in [6, 6.07) is 12.5. The topological polar surface area (TPSA) is 17.4 Å². The van der Waals surface area contributed by atoms with Crippen LogP contribution in [-0.4, -0.2) is 24.8 Å². The minimum atomic E-state index is 0.899. The number of aromatic nitrogens is 1. The maximum Gasteiger partial charge on any atom is 0.119 e. The third-order valence-corrected chi connectivity index (χ3v) is 3.76. The van der Waals surface area contributed by atoms with Crippen LogP contribution in [-0.2, 0) is 0 Å². The van der Waals surface area contributed by atoms with Crippen LogP contribution in [0.3, 0.4) is 0 Å². The molecule has 0 N–H and O–H groups in total. The Balaban J connectivity index is 1.89. The fraction of sp³-hybridized carbons (Fsp3) is 0.375. The Bertz CT molecular complexity index is 524. The van der Waals surface area contributed by atoms with E-state index in [0.717, 1.165) is 5.75 Å². The molecule has 1 fully saturated rings. The maximum absolute atomic E-state index is 5.21. The van der Waals surface area contributed by atoms with E-state index in [-0.39, 0.29) is 0 Å². The Kier molecular flexibility index (Phi) is 3.45. The van der Waals surface area contributed by atoms with Crippen molar-refractivity contribution in [1.29, 1.82) is 0 Å². The molecule has 3 rings (SSSR count). The molecular formula is C16H20N2O. The monoisotopic (exact) mass is 256 g/mol. The molecule has 0 atom stereocenters. The second-order valence-corrected chi connectivity index (χ2v) is 4.98. The molecule has 3 nitrogen and oxygen atoms in total. The number of rotatable bonds is 3. The molecular weight excluding hydrogens is 236 g/mol. The van der Waals surface area contributed by atoms with E-state index in [2.05, 4.69) is 39.9 Å². The van der Waals surface area contributed by atoms with Crippen LogP contribution in [0.1, 0.15) is 19.3 Å². The zero-order valence-corrected chi connectivity index (χ0v) is 11.4. The minimum absolute atomic E-state index is 0.899. The van der Waals surface area contributed by atoms with Gasteiger partial charge in [-0.1, -0.05) is 0 Å². The summed E-state index contributed by atoms with van der Waals surface area (Å²) in [6.45, 7) is 2.33. The highest BCUT2D eigenvalue weighted by molar-refractivity contribution is 5.50. The van der Waals surface area contributed by atoms with E-state index in [4.69, 9.17) is 4.74 Å². The minimum Gasteiger partial charge on any atom is -0.497 e. The van der Waals surface area contributed by atoms with Crippen LogP contribution >= 0.6 is 0 Å². The first-order chi connectivity index (χ1) is 9.38. The van der Waals surface area contributed by atoms with Gasteiger partial charge in [0.05, 0.1) is 7.11 Å². The van der Waals surface area contributed by atoms with Crippen molar-refractivity contribution in [2.75, 3.05) is 25.1 Å². The molecule has 1 aromatic carbocycles. The van der Waals surface area contributed by atoms with E-state index in [1.165, 1.54) is 43.9 Å². The molecule has 2 heterocycles. The van der Waals surface area contributed by atoms with Crippen LogP contribution in [0.2, 0.25) is 0 Å². The van der Waals surface area contributed by atoms with Crippen LogP contribution in [0.15, 0.2) is 42.6 Å². The van der Waals surface area contributed by atoms with Crippen LogP contribution in [0.5, 0.6) is 5.75 Å². The standard InChI is InChI=1S/C16H20N2O/c1-19-15-9-7-14(8-10-15)18-13-5-6-16(18)17-11-3-2-4-12-17/h5-10,13H,2-4,11-12H2,1H3. The highest BCUT2D eigenvalue weighted by Gasteiger charge is 2.14. The zero-order valence-electron chi connectivity index (χ0n) is 11.4. The Morgan fingerprint density at radius 3 is 2.37 bits per heavy atom. The molecule has 0 bridgehead atoms. The summed E-state index contributed by atoms with van der Waals surface area (Å²) >= 11 is 0. The lowest BCUT2D eigenvalue weighted by Crippen LogP contribution is -2.30. The normalized spacial score (nSPS) is 15.5. The van der Waals surface area contributed by atoms with Crippen LogP contribution in [0.25, 0.3) is 5.69 Å². The van der Waals surface area contributed by atoms with Gasteiger partial charge in [0.2, 0.25) is 0 Å². The first kappa shape index (κ1) is 12.2. The third kappa shape index (κ3) is 2.46. The number of anilines is 1. The largest absolute Gasteiger partial charge is 0.497 e. The predicted molar refractivity (Wildman–Crippen MR) is 78.4 cm³/mol. The van der Waals surface area contributed by atoms with Crippen LogP contribution in [0, 0.1) is 0 Å². The Morgan fingerprint density at radius 1 is 0.947 bits per heavy atom. The van der Waals surface area contributed by atoms with Gasteiger partial charge in [-0.05, 0) is 55.7 Å². The predicted octanol–water partition coefficient (Wildman–Crippen LogP) is 3.48. The summed E-state index contributed by atoms with van der Waals surface area (Å²) < 4.78 is 7.47. The number of piperidine rings is 1. The van der Waals surface area contributed by atoms with E-state index in [0.29, 0.717) is 0 Å². The first-order valence-corrected chi connectivity index (χ1v) is 6.95. The number of ether oxygens (including phenoxy) is 1. The lowest BCUT2D eigenvalue weighted by Gasteiger charge is -2.29. The van der Waals surface area contributed by atoms with Gasteiger partial charge in [-0.3, -0.25) is 0 Å². The van der Waals surface area contributed by atoms with E-state index >= 15 is 0 Å². The van der Waals surface area contributed by atoms with Gasteiger partial charge in [0.15, 0.2) is 0 Å². The number of methoxy groups -OCH3 is 1. The summed E-state index contributed by atoms with van der Waals surface area (Å²) in [5, 5.41) is 0. The van der Waals surface area contributed by atoms with Crippen molar-refractivity contribution >= 4 is 5.82 Å². The molecule has 0 radical (unpaired) electrons. The van der Waals surface area contributed by atoms with Gasteiger partial charge in [0, 0.05) is 25.0 Å². The van der Waals surface area contributed by atoms with Gasteiger partial charge >= 0.3 is 0 Å². The van der Waals surface area contributed by atoms with Crippen molar-refractivity contribution in [1.82, 2.24) is 4.57 Å². The van der Waals surface area contributed by atoms with Gasteiger partial charge in [-0.25, -0.2) is 0 Å². The molecule has 1 aromatic heterocycles. The molecule has 0 spiro atoms. The summed E-state index contributed by atoms with van der Waals surface area (Å²) in [7, 11) is 1.70. The second-order valence-electron chi connectivity index (χ2n) is 4.98. The quantitative estimate of drug-likeness (QED) is 0.836. The van der Waals surface area contributed by atoms with E-state index in [9.17, 15) is 0 Å². The van der Waals surface area contributed by atoms with Crippen molar-refractivity contribution in [3.8, 4) is 11.4 Å². The highest BCUT2D eigenvalue weighted by Crippen LogP contribution is 2.25. The van der Waals surface area contributed by atoms with E-state index in [1.807, 2.05) is 12.1 Å². The van der Waals surface area contributed by atoms with Crippen molar-refractivity contribution in [2.45, 2.75) is 19.3 Å². The molecule has 1 aliphatic heterocycles. The highest BCUT2D eigenvalue weighted by atomic mass is 16.5. The molecule has 0 saturated carbocycles. The summed E-state index contributed by atoms with van der Waals surface area (Å²) in [5.41, 5.74) is 1.19. The maximum atomic E-state index is 5.21. The van der Waals surface area contributed by atoms with E-state index < -0.39 is 0 Å². The average Bonchev–Trinajstić information content (AvgIpc) is 2.98. The van der Waals surface area contributed by atoms with Gasteiger partial charge in [0.25, 0.3) is 0 Å². The fourth-order valence-corrected chi connectivity index (χ4v) is 2.71. The summed E-state index contributed by atoms with van der Waals surface area (Å²) in [6.07, 6.45) is 6.09. The van der Waals surface area contributed by atoms with Crippen molar-refractivity contribution in [2.24, 2.45) is 0 Å². The van der Waals surface area contributed by atoms with Gasteiger partial charge < -0.3 is 14.2 Å². The molecule has 1 saturated heterocycles. The lowest BCUT2D eigenvalue weighted by molar-refractivity contribution is 0.414. The molecule has 2 aromatic rings. The van der Waals surface area contributed by atoms with Crippen LogP contribution in [0.4, 0.5) is 5.82 Å². The van der Waals surface area contributed by atoms with Crippen molar-refractivity contribution in [3.05, 3.63) is 42.6 Å². The molecule has 1 aliphatic rings. The Morgan fingerprint density at radius 2 is 1.68 bits per heavy atom. The average molecular weight is 256 g/mol. The second kappa shape index (κ2) is 5.39. The molecule has 0 unspecified atom stereocenters. The number of hydrogen-bond donors (Lipinski definition) is 0. The Hall–Kier alpha value is -1.90. The summed E-state index contributed by atoms with van der Waals surface area (Å²) in [4.78, 5) is 2.48. The summed E-state index contributed by atoms with van der Waals surface area (Å²) in [5.74, 6) is 2.19. The molecule has 3 heteroatoms. The zero-order chi connectivity index (χ0) is 13.1. The Labute approximate surface area is 114 Å². The smallest absolute Gasteiger partial charge is 0.119 e. The van der Waals surface area contributed by atoms with Gasteiger partial charge in [0.1, 0.15) is 11.6 Å².